The molecule has 1 saturated heterocycles. The Morgan fingerprint density at radius 3 is 2.76 bits per heavy atom. The van der Waals surface area contributed by atoms with Crippen molar-refractivity contribution in [3.63, 3.8) is 0 Å². The van der Waals surface area contributed by atoms with Crippen LogP contribution in [-0.2, 0) is 0 Å². The van der Waals surface area contributed by atoms with E-state index in [1.165, 1.54) is 14.2 Å². The topological polar surface area (TPSA) is 15.3 Å². The van der Waals surface area contributed by atoms with Crippen molar-refractivity contribution in [1.29, 1.82) is 0 Å². The van der Waals surface area contributed by atoms with Crippen LogP contribution >= 0.6 is 27.3 Å². The van der Waals surface area contributed by atoms with E-state index in [1.54, 1.807) is 0 Å². The zero-order chi connectivity index (χ0) is 12.3. The van der Waals surface area contributed by atoms with E-state index >= 15 is 0 Å². The van der Waals surface area contributed by atoms with Gasteiger partial charge in [0.1, 0.15) is 0 Å². The third-order valence-corrected chi connectivity index (χ3v) is 4.78. The van der Waals surface area contributed by atoms with Gasteiger partial charge in [0.25, 0.3) is 0 Å². The molecule has 1 aliphatic heterocycles. The summed E-state index contributed by atoms with van der Waals surface area (Å²) in [7, 11) is 0. The zero-order valence-electron chi connectivity index (χ0n) is 10.2. The summed E-state index contributed by atoms with van der Waals surface area (Å²) in [6.45, 7) is 10.7. The maximum Gasteiger partial charge on any atom is 0.0701 e. The number of thiophene rings is 1. The molecule has 1 atom stereocenters. The quantitative estimate of drug-likeness (QED) is 0.857. The molecule has 0 amide bonds. The minimum atomic E-state index is 0.505. The van der Waals surface area contributed by atoms with Gasteiger partial charge in [-0.3, -0.25) is 4.90 Å². The molecule has 0 radical (unpaired) electrons. The van der Waals surface area contributed by atoms with E-state index in [4.69, 9.17) is 0 Å². The van der Waals surface area contributed by atoms with E-state index in [-0.39, 0.29) is 0 Å². The van der Waals surface area contributed by atoms with E-state index < -0.39 is 0 Å². The van der Waals surface area contributed by atoms with Gasteiger partial charge in [0.15, 0.2) is 0 Å². The fourth-order valence-electron chi connectivity index (χ4n) is 2.24. The largest absolute Gasteiger partial charge is 0.314 e. The summed E-state index contributed by atoms with van der Waals surface area (Å²) < 4.78 is 1.22. The first-order valence-electron chi connectivity index (χ1n) is 6.01. The van der Waals surface area contributed by atoms with Crippen LogP contribution < -0.4 is 5.32 Å². The Morgan fingerprint density at radius 2 is 2.24 bits per heavy atom. The van der Waals surface area contributed by atoms with E-state index in [2.05, 4.69) is 51.8 Å². The van der Waals surface area contributed by atoms with Gasteiger partial charge >= 0.3 is 0 Å². The molecule has 2 rings (SSSR count). The lowest BCUT2D eigenvalue weighted by atomic mass is 10.0. The lowest BCUT2D eigenvalue weighted by molar-refractivity contribution is 0.175. The van der Waals surface area contributed by atoms with Gasteiger partial charge in [-0.15, -0.1) is 17.9 Å². The Labute approximate surface area is 116 Å². The number of hydrogen-bond donors (Lipinski definition) is 1. The fraction of sp³-hybridized carbons (Fsp3) is 0.538. The van der Waals surface area contributed by atoms with Gasteiger partial charge in [0.2, 0.25) is 0 Å². The molecule has 2 nitrogen and oxygen atoms in total. The van der Waals surface area contributed by atoms with Gasteiger partial charge in [-0.2, -0.15) is 0 Å². The minimum absolute atomic E-state index is 0.505. The van der Waals surface area contributed by atoms with Crippen LogP contribution in [0.3, 0.4) is 0 Å². The highest BCUT2D eigenvalue weighted by molar-refractivity contribution is 9.11. The second kappa shape index (κ2) is 6.14. The van der Waals surface area contributed by atoms with E-state index in [0.717, 1.165) is 32.6 Å². The molecule has 94 valence electrons. The van der Waals surface area contributed by atoms with Crippen LogP contribution in [0.1, 0.15) is 24.3 Å². The van der Waals surface area contributed by atoms with E-state index in [9.17, 15) is 0 Å². The van der Waals surface area contributed by atoms with Crippen molar-refractivity contribution < 1.29 is 0 Å². The Bertz CT molecular complexity index is 383. The Kier molecular flexibility index (Phi) is 4.79. The highest BCUT2D eigenvalue weighted by atomic mass is 79.9. The number of nitrogens with one attached hydrogen (secondary N) is 1. The summed E-state index contributed by atoms with van der Waals surface area (Å²) in [5.74, 6) is 0. The average molecular weight is 315 g/mol. The molecular formula is C13H19BrN2S. The van der Waals surface area contributed by atoms with Crippen molar-refractivity contribution in [3.05, 3.63) is 32.9 Å². The number of halogens is 1. The van der Waals surface area contributed by atoms with Crippen LogP contribution in [-0.4, -0.2) is 31.1 Å². The first-order chi connectivity index (χ1) is 8.16. The second-order valence-corrected chi connectivity index (χ2v) is 7.10. The predicted octanol–water partition coefficient (Wildman–Crippen LogP) is 3.42. The molecular weight excluding hydrogens is 296 g/mol. The third-order valence-electron chi connectivity index (χ3n) is 3.06. The molecule has 0 bridgehead atoms. The Balaban J connectivity index is 2.14. The summed E-state index contributed by atoms with van der Waals surface area (Å²) in [5.41, 5.74) is 1.26. The van der Waals surface area contributed by atoms with Gasteiger partial charge in [0.05, 0.1) is 3.79 Å². The van der Waals surface area contributed by atoms with Crippen molar-refractivity contribution in [1.82, 2.24) is 10.2 Å². The maximum atomic E-state index is 4.07. The third kappa shape index (κ3) is 3.65. The predicted molar refractivity (Wildman–Crippen MR) is 78.6 cm³/mol. The van der Waals surface area contributed by atoms with Gasteiger partial charge in [0, 0.05) is 37.1 Å². The van der Waals surface area contributed by atoms with Crippen molar-refractivity contribution >= 4 is 27.3 Å². The molecule has 1 N–H and O–H groups in total. The Hall–Kier alpha value is -0.160. The second-order valence-electron chi connectivity index (χ2n) is 4.60. The Morgan fingerprint density at radius 1 is 1.53 bits per heavy atom. The molecule has 1 aromatic heterocycles. The highest BCUT2D eigenvalue weighted by Crippen LogP contribution is 2.34. The number of rotatable bonds is 4. The molecule has 2 heterocycles. The number of piperazine rings is 1. The van der Waals surface area contributed by atoms with Crippen molar-refractivity contribution in [2.75, 3.05) is 26.2 Å². The maximum absolute atomic E-state index is 4.07. The van der Waals surface area contributed by atoms with Crippen molar-refractivity contribution in [2.24, 2.45) is 0 Å². The van der Waals surface area contributed by atoms with Crippen LogP contribution in [0.5, 0.6) is 0 Å². The molecule has 0 aliphatic carbocycles. The smallest absolute Gasteiger partial charge is 0.0701 e. The van der Waals surface area contributed by atoms with E-state index in [1.807, 2.05) is 11.3 Å². The first kappa shape index (κ1) is 13.3. The minimum Gasteiger partial charge on any atom is -0.314 e. The normalized spacial score (nSPS) is 19.2. The molecule has 1 fully saturated rings. The summed E-state index contributed by atoms with van der Waals surface area (Å²) in [4.78, 5) is 4.02. The number of hydrogen-bond acceptors (Lipinski definition) is 3. The molecule has 0 aromatic carbocycles. The lowest BCUT2D eigenvalue weighted by Crippen LogP contribution is -2.45. The summed E-state index contributed by atoms with van der Waals surface area (Å²) in [6.07, 6.45) is 1.06. The fourth-order valence-corrected chi connectivity index (χ4v) is 3.80. The van der Waals surface area contributed by atoms with Gasteiger partial charge in [-0.25, -0.2) is 0 Å². The SMILES string of the molecule is C=C(C)C[C@H](c1ccc(Br)s1)N1CCNCC1. The zero-order valence-corrected chi connectivity index (χ0v) is 12.6. The van der Waals surface area contributed by atoms with Gasteiger partial charge < -0.3 is 5.32 Å². The molecule has 1 aliphatic rings. The molecule has 0 spiro atoms. The monoisotopic (exact) mass is 314 g/mol. The standard InChI is InChI=1S/C13H19BrN2S/c1-10(2)9-11(12-3-4-13(14)17-12)16-7-5-15-6-8-16/h3-4,11,15H,1,5-9H2,2H3/t11-/m1/s1. The molecule has 1 aromatic rings. The lowest BCUT2D eigenvalue weighted by Gasteiger charge is -2.34. The van der Waals surface area contributed by atoms with Crippen LogP contribution in [0.15, 0.2) is 28.1 Å². The molecule has 0 saturated carbocycles. The average Bonchev–Trinajstić information content (AvgIpc) is 2.73. The van der Waals surface area contributed by atoms with Crippen LogP contribution in [0, 0.1) is 0 Å². The summed E-state index contributed by atoms with van der Waals surface area (Å²) >= 11 is 5.40. The highest BCUT2D eigenvalue weighted by Gasteiger charge is 2.23. The molecule has 17 heavy (non-hydrogen) atoms. The number of nitrogens with zero attached hydrogens (tertiary/aromatic N) is 1. The molecule has 4 heteroatoms. The van der Waals surface area contributed by atoms with Crippen LogP contribution in [0.25, 0.3) is 0 Å². The van der Waals surface area contributed by atoms with Gasteiger partial charge in [-0.1, -0.05) is 5.57 Å². The van der Waals surface area contributed by atoms with Gasteiger partial charge in [-0.05, 0) is 41.4 Å². The van der Waals surface area contributed by atoms with Crippen LogP contribution in [0.4, 0.5) is 0 Å². The summed E-state index contributed by atoms with van der Waals surface area (Å²) in [6, 6.07) is 4.89. The first-order valence-corrected chi connectivity index (χ1v) is 7.62. The van der Waals surface area contributed by atoms with Crippen molar-refractivity contribution in [3.8, 4) is 0 Å². The van der Waals surface area contributed by atoms with Crippen LogP contribution in [0.2, 0.25) is 0 Å². The van der Waals surface area contributed by atoms with Crippen molar-refractivity contribution in [2.45, 2.75) is 19.4 Å². The molecule has 0 unspecified atom stereocenters. The van der Waals surface area contributed by atoms with E-state index in [0.29, 0.717) is 6.04 Å². The summed E-state index contributed by atoms with van der Waals surface area (Å²) in [5, 5.41) is 3.41.